The molecule has 0 aliphatic rings. The number of hydrogen-bond acceptors (Lipinski definition) is 3. The summed E-state index contributed by atoms with van der Waals surface area (Å²) in [5, 5.41) is 0.488. The quantitative estimate of drug-likeness (QED) is 0.694. The lowest BCUT2D eigenvalue weighted by atomic mass is 10.0. The van der Waals surface area contributed by atoms with Gasteiger partial charge in [-0.3, -0.25) is 9.78 Å². The Morgan fingerprint density at radius 2 is 2.17 bits per heavy atom. The molecule has 0 unspecified atom stereocenters. The van der Waals surface area contributed by atoms with E-state index in [2.05, 4.69) is 20.9 Å². The van der Waals surface area contributed by atoms with Gasteiger partial charge < -0.3 is 5.73 Å². The highest BCUT2D eigenvalue weighted by Crippen LogP contribution is 2.22. The molecule has 3 nitrogen and oxygen atoms in total. The van der Waals surface area contributed by atoms with E-state index in [1.807, 2.05) is 0 Å². The minimum absolute atomic E-state index is 0.0619. The molecule has 2 N–H and O–H groups in total. The van der Waals surface area contributed by atoms with E-state index in [4.69, 9.17) is 17.3 Å². The predicted molar refractivity (Wildman–Crippen MR) is 75.8 cm³/mol. The maximum Gasteiger partial charge on any atom is 0.169 e. The Morgan fingerprint density at radius 1 is 1.39 bits per heavy atom. The van der Waals surface area contributed by atoms with Crippen LogP contribution in [0.2, 0.25) is 5.02 Å². The highest BCUT2D eigenvalue weighted by atomic mass is 79.9. The SMILES string of the molecule is Nc1cc(Br)ccc1C(=O)Cc1ccncc1Cl. The molecule has 92 valence electrons. The molecule has 0 saturated carbocycles. The molecule has 0 radical (unpaired) electrons. The smallest absolute Gasteiger partial charge is 0.169 e. The number of nitrogens with zero attached hydrogens (tertiary/aromatic N) is 1. The standard InChI is InChI=1S/C13H10BrClN2O/c14-9-1-2-10(12(16)6-9)13(18)5-8-3-4-17-7-11(8)15/h1-4,6-7H,5,16H2. The molecule has 5 heteroatoms. The van der Waals surface area contributed by atoms with Crippen molar-refractivity contribution in [2.75, 3.05) is 5.73 Å². The van der Waals surface area contributed by atoms with Crippen LogP contribution in [0.4, 0.5) is 5.69 Å². The fraction of sp³-hybridized carbons (Fsp3) is 0.0769. The average Bonchev–Trinajstić information content (AvgIpc) is 2.32. The average molecular weight is 326 g/mol. The number of ketones is 1. The van der Waals surface area contributed by atoms with Crippen LogP contribution >= 0.6 is 27.5 Å². The Labute approximate surface area is 118 Å². The van der Waals surface area contributed by atoms with Crippen molar-refractivity contribution in [1.82, 2.24) is 4.98 Å². The first-order valence-corrected chi connectivity index (χ1v) is 6.41. The normalized spacial score (nSPS) is 10.3. The molecule has 18 heavy (non-hydrogen) atoms. The van der Waals surface area contributed by atoms with Crippen molar-refractivity contribution in [1.29, 1.82) is 0 Å². The van der Waals surface area contributed by atoms with E-state index < -0.39 is 0 Å². The lowest BCUT2D eigenvalue weighted by Gasteiger charge is -2.06. The van der Waals surface area contributed by atoms with Crippen LogP contribution in [0.25, 0.3) is 0 Å². The topological polar surface area (TPSA) is 56.0 Å². The van der Waals surface area contributed by atoms with Gasteiger partial charge in [-0.1, -0.05) is 27.5 Å². The van der Waals surface area contributed by atoms with Crippen LogP contribution in [-0.2, 0) is 6.42 Å². The molecule has 0 atom stereocenters. The molecule has 0 spiro atoms. The van der Waals surface area contributed by atoms with Crippen molar-refractivity contribution >= 4 is 39.0 Å². The zero-order valence-electron chi connectivity index (χ0n) is 9.36. The fourth-order valence-corrected chi connectivity index (χ4v) is 2.17. The van der Waals surface area contributed by atoms with Gasteiger partial charge in [-0.2, -0.15) is 0 Å². The van der Waals surface area contributed by atoms with Gasteiger partial charge in [0.15, 0.2) is 5.78 Å². The van der Waals surface area contributed by atoms with Crippen molar-refractivity contribution in [3.63, 3.8) is 0 Å². The summed E-state index contributed by atoms with van der Waals surface area (Å²) in [4.78, 5) is 16.0. The number of nitrogens with two attached hydrogens (primary N) is 1. The Kier molecular flexibility index (Phi) is 3.99. The largest absolute Gasteiger partial charge is 0.398 e. The Morgan fingerprint density at radius 3 is 2.83 bits per heavy atom. The molecule has 2 rings (SSSR count). The number of benzene rings is 1. The summed E-state index contributed by atoms with van der Waals surface area (Å²) in [7, 11) is 0. The highest BCUT2D eigenvalue weighted by molar-refractivity contribution is 9.10. The summed E-state index contributed by atoms with van der Waals surface area (Å²) in [5.74, 6) is -0.0619. The number of aromatic nitrogens is 1. The molecule has 1 aromatic heterocycles. The van der Waals surface area contributed by atoms with Gasteiger partial charge in [0.1, 0.15) is 0 Å². The summed E-state index contributed by atoms with van der Waals surface area (Å²) >= 11 is 9.27. The number of carbonyl (C=O) groups excluding carboxylic acids is 1. The highest BCUT2D eigenvalue weighted by Gasteiger charge is 2.12. The van der Waals surface area contributed by atoms with Crippen molar-refractivity contribution < 1.29 is 4.79 Å². The van der Waals surface area contributed by atoms with E-state index >= 15 is 0 Å². The van der Waals surface area contributed by atoms with Crippen molar-refractivity contribution in [3.8, 4) is 0 Å². The monoisotopic (exact) mass is 324 g/mol. The molecule has 0 amide bonds. The Hall–Kier alpha value is -1.39. The van der Waals surface area contributed by atoms with Crippen LogP contribution in [0.3, 0.4) is 0 Å². The first-order valence-electron chi connectivity index (χ1n) is 5.24. The van der Waals surface area contributed by atoms with Crippen LogP contribution in [0.15, 0.2) is 41.1 Å². The second kappa shape index (κ2) is 5.50. The van der Waals surface area contributed by atoms with Crippen LogP contribution in [0, 0.1) is 0 Å². The summed E-state index contributed by atoms with van der Waals surface area (Å²) < 4.78 is 0.846. The summed E-state index contributed by atoms with van der Waals surface area (Å²) in [6.07, 6.45) is 3.35. The molecule has 1 aromatic carbocycles. The fourth-order valence-electron chi connectivity index (χ4n) is 1.60. The van der Waals surface area contributed by atoms with E-state index in [1.165, 1.54) is 6.20 Å². The van der Waals surface area contributed by atoms with Gasteiger partial charge in [-0.15, -0.1) is 0 Å². The molecule has 2 aromatic rings. The van der Waals surface area contributed by atoms with Crippen LogP contribution < -0.4 is 5.73 Å². The number of anilines is 1. The molecular formula is C13H10BrClN2O. The van der Waals surface area contributed by atoms with Crippen molar-refractivity contribution in [2.45, 2.75) is 6.42 Å². The van der Waals surface area contributed by atoms with Gasteiger partial charge in [0, 0.05) is 34.5 Å². The maximum absolute atomic E-state index is 12.1. The number of Topliss-reactive ketones (excluding diaryl/α,β-unsaturated/α-hetero) is 1. The first kappa shape index (κ1) is 13.1. The zero-order valence-corrected chi connectivity index (χ0v) is 11.7. The molecule has 0 fully saturated rings. The van der Waals surface area contributed by atoms with Crippen LogP contribution in [-0.4, -0.2) is 10.8 Å². The lowest BCUT2D eigenvalue weighted by molar-refractivity contribution is 0.0994. The summed E-state index contributed by atoms with van der Waals surface area (Å²) in [5.41, 5.74) is 7.53. The second-order valence-electron chi connectivity index (χ2n) is 3.80. The van der Waals surface area contributed by atoms with E-state index in [0.29, 0.717) is 16.3 Å². The zero-order chi connectivity index (χ0) is 13.1. The molecule has 0 aliphatic heterocycles. The third kappa shape index (κ3) is 2.89. The number of pyridine rings is 1. The van der Waals surface area contributed by atoms with E-state index in [-0.39, 0.29) is 12.2 Å². The molecule has 0 bridgehead atoms. The summed E-state index contributed by atoms with van der Waals surface area (Å²) in [6.45, 7) is 0. The Bertz CT molecular complexity index is 601. The number of nitrogen functional groups attached to an aromatic ring is 1. The van der Waals surface area contributed by atoms with Crippen LogP contribution in [0.5, 0.6) is 0 Å². The van der Waals surface area contributed by atoms with Gasteiger partial charge in [0.05, 0.1) is 5.02 Å². The number of carbonyl (C=O) groups is 1. The first-order chi connectivity index (χ1) is 8.58. The number of rotatable bonds is 3. The third-order valence-corrected chi connectivity index (χ3v) is 3.36. The lowest BCUT2D eigenvalue weighted by Crippen LogP contribution is -2.07. The number of hydrogen-bond donors (Lipinski definition) is 1. The predicted octanol–water partition coefficient (Wildman–Crippen LogP) is 3.51. The van der Waals surface area contributed by atoms with E-state index in [0.717, 1.165) is 10.0 Å². The molecule has 1 heterocycles. The molecular weight excluding hydrogens is 316 g/mol. The van der Waals surface area contributed by atoms with Gasteiger partial charge in [0.2, 0.25) is 0 Å². The summed E-state index contributed by atoms with van der Waals surface area (Å²) in [6, 6.07) is 6.94. The van der Waals surface area contributed by atoms with E-state index in [9.17, 15) is 4.79 Å². The van der Waals surface area contributed by atoms with Crippen molar-refractivity contribution in [3.05, 3.63) is 57.3 Å². The maximum atomic E-state index is 12.1. The molecule has 0 aliphatic carbocycles. The van der Waals surface area contributed by atoms with Gasteiger partial charge in [-0.05, 0) is 29.8 Å². The van der Waals surface area contributed by atoms with Crippen molar-refractivity contribution in [2.24, 2.45) is 0 Å². The van der Waals surface area contributed by atoms with Gasteiger partial charge in [0.25, 0.3) is 0 Å². The minimum atomic E-state index is -0.0619. The Balaban J connectivity index is 2.25. The molecule has 0 saturated heterocycles. The van der Waals surface area contributed by atoms with Crippen LogP contribution in [0.1, 0.15) is 15.9 Å². The second-order valence-corrected chi connectivity index (χ2v) is 5.12. The number of halogens is 2. The van der Waals surface area contributed by atoms with Gasteiger partial charge >= 0.3 is 0 Å². The minimum Gasteiger partial charge on any atom is -0.398 e. The third-order valence-electron chi connectivity index (χ3n) is 2.52. The van der Waals surface area contributed by atoms with Gasteiger partial charge in [-0.25, -0.2) is 0 Å². The van der Waals surface area contributed by atoms with E-state index in [1.54, 1.807) is 30.5 Å².